The van der Waals surface area contributed by atoms with E-state index in [1.165, 1.54) is 6.07 Å². The Bertz CT molecular complexity index is 1170. The quantitative estimate of drug-likeness (QED) is 0.579. The molecule has 4 nitrogen and oxygen atoms in total. The van der Waals surface area contributed by atoms with Gasteiger partial charge in [0.2, 0.25) is 0 Å². The van der Waals surface area contributed by atoms with Gasteiger partial charge >= 0.3 is 0 Å². The number of rotatable bonds is 3. The summed E-state index contributed by atoms with van der Waals surface area (Å²) in [6.07, 6.45) is 1.81. The third-order valence-corrected chi connectivity index (χ3v) is 4.76. The molecule has 4 aromatic rings. The first-order valence-electron chi connectivity index (χ1n) is 8.72. The van der Waals surface area contributed by atoms with Crippen LogP contribution in [-0.4, -0.2) is 14.8 Å². The van der Waals surface area contributed by atoms with Crippen molar-refractivity contribution in [1.29, 1.82) is 0 Å². The van der Waals surface area contributed by atoms with E-state index < -0.39 is 0 Å². The number of pyridine rings is 1. The molecule has 134 valence electrons. The summed E-state index contributed by atoms with van der Waals surface area (Å²) in [5, 5.41) is 20.4. The highest BCUT2D eigenvalue weighted by molar-refractivity contribution is 5.96. The molecule has 0 saturated heterocycles. The van der Waals surface area contributed by atoms with Gasteiger partial charge in [-0.05, 0) is 48.4 Å². The molecule has 4 rings (SSSR count). The Morgan fingerprint density at radius 1 is 0.889 bits per heavy atom. The van der Waals surface area contributed by atoms with Crippen molar-refractivity contribution < 1.29 is 10.2 Å². The summed E-state index contributed by atoms with van der Waals surface area (Å²) in [5.74, 6) is 0.125. The van der Waals surface area contributed by atoms with E-state index in [-0.39, 0.29) is 17.9 Å². The number of benzene rings is 3. The maximum atomic E-state index is 13.1. The SMILES string of the molecule is Cc1ccc(-c2cn(-c3ccc(CO)cc3)c(=O)c3ccc(O)cc23)cc1. The smallest absolute Gasteiger partial charge is 0.262 e. The second kappa shape index (κ2) is 6.74. The molecule has 0 aliphatic heterocycles. The highest BCUT2D eigenvalue weighted by Gasteiger charge is 2.12. The Hall–Kier alpha value is -3.37. The summed E-state index contributed by atoms with van der Waals surface area (Å²) in [4.78, 5) is 13.1. The van der Waals surface area contributed by atoms with Crippen LogP contribution in [0, 0.1) is 6.92 Å². The van der Waals surface area contributed by atoms with Gasteiger partial charge in [-0.2, -0.15) is 0 Å². The highest BCUT2D eigenvalue weighted by Crippen LogP contribution is 2.30. The number of nitrogens with zero attached hydrogens (tertiary/aromatic N) is 1. The van der Waals surface area contributed by atoms with Crippen LogP contribution in [0.15, 0.2) is 77.7 Å². The fraction of sp³-hybridized carbons (Fsp3) is 0.0870. The number of phenols is 1. The normalized spacial score (nSPS) is 11.0. The van der Waals surface area contributed by atoms with Crippen molar-refractivity contribution in [3.05, 3.63) is 94.4 Å². The number of fused-ring (bicyclic) bond motifs is 1. The predicted molar refractivity (Wildman–Crippen MR) is 107 cm³/mol. The first kappa shape index (κ1) is 17.1. The standard InChI is InChI=1S/C23H19NO3/c1-15-2-6-17(7-3-15)22-13-24(18-8-4-16(14-25)5-9-18)23(27)20-11-10-19(26)12-21(20)22/h2-13,25-26H,14H2,1H3. The zero-order valence-electron chi connectivity index (χ0n) is 14.9. The van der Waals surface area contributed by atoms with Gasteiger partial charge in [-0.25, -0.2) is 0 Å². The first-order valence-corrected chi connectivity index (χ1v) is 8.72. The largest absolute Gasteiger partial charge is 0.508 e. The maximum Gasteiger partial charge on any atom is 0.262 e. The summed E-state index contributed by atoms with van der Waals surface area (Å²) < 4.78 is 1.61. The fourth-order valence-electron chi connectivity index (χ4n) is 3.25. The molecule has 0 aliphatic rings. The number of hydrogen-bond donors (Lipinski definition) is 2. The predicted octanol–water partition coefficient (Wildman–Crippen LogP) is 4.16. The molecular weight excluding hydrogens is 338 g/mol. The second-order valence-corrected chi connectivity index (χ2v) is 6.64. The van der Waals surface area contributed by atoms with Crippen LogP contribution < -0.4 is 5.56 Å². The zero-order chi connectivity index (χ0) is 19.0. The van der Waals surface area contributed by atoms with Crippen molar-refractivity contribution in [1.82, 2.24) is 4.57 Å². The molecule has 0 unspecified atom stereocenters. The number of phenolic OH excluding ortho intramolecular Hbond substituents is 1. The third kappa shape index (κ3) is 3.11. The van der Waals surface area contributed by atoms with Crippen LogP contribution >= 0.6 is 0 Å². The highest BCUT2D eigenvalue weighted by atomic mass is 16.3. The number of aliphatic hydroxyl groups excluding tert-OH is 1. The summed E-state index contributed by atoms with van der Waals surface area (Å²) in [6, 6.07) is 20.1. The molecule has 27 heavy (non-hydrogen) atoms. The van der Waals surface area contributed by atoms with Gasteiger partial charge in [0, 0.05) is 28.2 Å². The number of hydrogen-bond acceptors (Lipinski definition) is 3. The number of aromatic hydroxyl groups is 1. The lowest BCUT2D eigenvalue weighted by molar-refractivity contribution is 0.282. The summed E-state index contributed by atoms with van der Waals surface area (Å²) >= 11 is 0. The van der Waals surface area contributed by atoms with Gasteiger partial charge in [-0.1, -0.05) is 42.0 Å². The van der Waals surface area contributed by atoms with Crippen LogP contribution in [0.25, 0.3) is 27.6 Å². The number of aromatic nitrogens is 1. The van der Waals surface area contributed by atoms with Crippen LogP contribution in [0.1, 0.15) is 11.1 Å². The van der Waals surface area contributed by atoms with Crippen molar-refractivity contribution in [3.8, 4) is 22.6 Å². The number of aliphatic hydroxyl groups is 1. The van der Waals surface area contributed by atoms with Crippen LogP contribution in [0.4, 0.5) is 0 Å². The van der Waals surface area contributed by atoms with Crippen molar-refractivity contribution >= 4 is 10.8 Å². The molecule has 0 amide bonds. The lowest BCUT2D eigenvalue weighted by atomic mass is 9.99. The van der Waals surface area contributed by atoms with Gasteiger partial charge in [0.25, 0.3) is 5.56 Å². The minimum Gasteiger partial charge on any atom is -0.508 e. The van der Waals surface area contributed by atoms with E-state index in [1.54, 1.807) is 28.8 Å². The lowest BCUT2D eigenvalue weighted by Crippen LogP contribution is -2.18. The van der Waals surface area contributed by atoms with Crippen LogP contribution in [0.3, 0.4) is 0 Å². The molecule has 0 saturated carbocycles. The molecule has 0 aliphatic carbocycles. The average Bonchev–Trinajstić information content (AvgIpc) is 2.69. The Balaban J connectivity index is 2.02. The lowest BCUT2D eigenvalue weighted by Gasteiger charge is -2.14. The molecule has 1 heterocycles. The third-order valence-electron chi connectivity index (χ3n) is 4.76. The van der Waals surface area contributed by atoms with Crippen LogP contribution in [-0.2, 0) is 6.61 Å². The molecule has 0 bridgehead atoms. The Morgan fingerprint density at radius 2 is 1.59 bits per heavy atom. The van der Waals surface area contributed by atoms with E-state index in [2.05, 4.69) is 0 Å². The molecule has 1 aromatic heterocycles. The Labute approximate surface area is 156 Å². The van der Waals surface area contributed by atoms with Gasteiger partial charge in [-0.3, -0.25) is 9.36 Å². The Kier molecular flexibility index (Phi) is 4.26. The summed E-state index contributed by atoms with van der Waals surface area (Å²) in [7, 11) is 0. The minimum absolute atomic E-state index is 0.0409. The maximum absolute atomic E-state index is 13.1. The minimum atomic E-state index is -0.155. The average molecular weight is 357 g/mol. The van der Waals surface area contributed by atoms with Gasteiger partial charge in [-0.15, -0.1) is 0 Å². The van der Waals surface area contributed by atoms with Crippen LogP contribution in [0.5, 0.6) is 5.75 Å². The monoisotopic (exact) mass is 357 g/mol. The van der Waals surface area contributed by atoms with E-state index in [1.807, 2.05) is 49.5 Å². The van der Waals surface area contributed by atoms with E-state index in [9.17, 15) is 15.0 Å². The van der Waals surface area contributed by atoms with Crippen molar-refractivity contribution in [2.24, 2.45) is 0 Å². The second-order valence-electron chi connectivity index (χ2n) is 6.64. The van der Waals surface area contributed by atoms with Gasteiger partial charge in [0.15, 0.2) is 0 Å². The topological polar surface area (TPSA) is 62.5 Å². The summed E-state index contributed by atoms with van der Waals surface area (Å²) in [6.45, 7) is 1.98. The van der Waals surface area contributed by atoms with Gasteiger partial charge < -0.3 is 10.2 Å². The van der Waals surface area contributed by atoms with E-state index in [0.29, 0.717) is 10.8 Å². The molecule has 0 spiro atoms. The fourth-order valence-corrected chi connectivity index (χ4v) is 3.25. The molecule has 2 N–H and O–H groups in total. The molecule has 4 heteroatoms. The van der Waals surface area contributed by atoms with E-state index in [0.717, 1.165) is 27.9 Å². The first-order chi connectivity index (χ1) is 13.1. The van der Waals surface area contributed by atoms with Crippen LogP contribution in [0.2, 0.25) is 0 Å². The Morgan fingerprint density at radius 3 is 2.26 bits per heavy atom. The van der Waals surface area contributed by atoms with Gasteiger partial charge in [0.1, 0.15) is 5.75 Å². The number of aryl methyl sites for hydroxylation is 1. The molecule has 0 radical (unpaired) electrons. The van der Waals surface area contributed by atoms with Crippen molar-refractivity contribution in [3.63, 3.8) is 0 Å². The van der Waals surface area contributed by atoms with Crippen molar-refractivity contribution in [2.45, 2.75) is 13.5 Å². The van der Waals surface area contributed by atoms with Gasteiger partial charge in [0.05, 0.1) is 6.61 Å². The van der Waals surface area contributed by atoms with E-state index >= 15 is 0 Å². The van der Waals surface area contributed by atoms with Crippen molar-refractivity contribution in [2.75, 3.05) is 0 Å². The zero-order valence-corrected chi connectivity index (χ0v) is 14.9. The summed E-state index contributed by atoms with van der Waals surface area (Å²) in [5.41, 5.74) is 4.34. The van der Waals surface area contributed by atoms with E-state index in [4.69, 9.17) is 0 Å². The molecular formula is C23H19NO3. The molecule has 0 fully saturated rings. The molecule has 3 aromatic carbocycles. The molecule has 0 atom stereocenters.